The molecule has 1 rings (SSSR count). The van der Waals surface area contributed by atoms with Gasteiger partial charge in [-0.2, -0.15) is 0 Å². The topological polar surface area (TPSA) is 35.2 Å². The maximum Gasteiger partial charge on any atom is 0.122 e. The first-order valence-corrected chi connectivity index (χ1v) is 5.33. The lowest BCUT2D eigenvalue weighted by molar-refractivity contribution is 0.406. The summed E-state index contributed by atoms with van der Waals surface area (Å²) in [5, 5.41) is 0. The van der Waals surface area contributed by atoms with E-state index in [4.69, 9.17) is 10.5 Å². The van der Waals surface area contributed by atoms with E-state index in [1.54, 1.807) is 7.11 Å². The van der Waals surface area contributed by atoms with Crippen molar-refractivity contribution < 1.29 is 4.74 Å². The van der Waals surface area contributed by atoms with E-state index in [2.05, 4.69) is 19.9 Å². The Kier molecular flexibility index (Phi) is 3.40. The molecule has 0 amide bonds. The molecule has 0 unspecified atom stereocenters. The first kappa shape index (κ1) is 12.1. The highest BCUT2D eigenvalue weighted by molar-refractivity contribution is 5.41. The normalized spacial score (nSPS) is 11.9. The summed E-state index contributed by atoms with van der Waals surface area (Å²) in [6.45, 7) is 8.34. The van der Waals surface area contributed by atoms with Gasteiger partial charge in [0.05, 0.1) is 7.11 Å². The van der Waals surface area contributed by atoms with Crippen molar-refractivity contribution in [3.63, 3.8) is 0 Å². The number of hydrogen-bond donors (Lipinski definition) is 1. The molecule has 0 atom stereocenters. The van der Waals surface area contributed by atoms with Gasteiger partial charge in [-0.3, -0.25) is 0 Å². The number of hydrogen-bond acceptors (Lipinski definition) is 2. The molecule has 0 aromatic heterocycles. The van der Waals surface area contributed by atoms with E-state index in [1.165, 1.54) is 5.56 Å². The van der Waals surface area contributed by atoms with Crippen LogP contribution in [0.25, 0.3) is 0 Å². The Labute approximate surface area is 92.4 Å². The average molecular weight is 207 g/mol. The maximum absolute atomic E-state index is 6.08. The number of rotatable bonds is 3. The Balaban J connectivity index is 3.22. The summed E-state index contributed by atoms with van der Waals surface area (Å²) in [5.74, 6) is 1.39. The van der Waals surface area contributed by atoms with Crippen molar-refractivity contribution in [3.05, 3.63) is 29.3 Å². The molecule has 0 radical (unpaired) electrons. The van der Waals surface area contributed by atoms with Crippen LogP contribution in [0, 0.1) is 0 Å². The number of methoxy groups -OCH3 is 1. The zero-order chi connectivity index (χ0) is 11.6. The Morgan fingerprint density at radius 2 is 1.87 bits per heavy atom. The van der Waals surface area contributed by atoms with E-state index in [0.717, 1.165) is 11.3 Å². The van der Waals surface area contributed by atoms with Crippen LogP contribution in [0.4, 0.5) is 0 Å². The molecule has 0 fully saturated rings. The molecule has 0 aliphatic heterocycles. The Morgan fingerprint density at radius 3 is 2.27 bits per heavy atom. The van der Waals surface area contributed by atoms with Crippen LogP contribution in [0.2, 0.25) is 0 Å². The van der Waals surface area contributed by atoms with Gasteiger partial charge in [0.1, 0.15) is 5.75 Å². The summed E-state index contributed by atoms with van der Waals surface area (Å²) in [4.78, 5) is 0. The Morgan fingerprint density at radius 1 is 1.27 bits per heavy atom. The first-order chi connectivity index (χ1) is 6.86. The van der Waals surface area contributed by atoms with Crippen LogP contribution in [-0.2, 0) is 5.54 Å². The molecule has 2 nitrogen and oxygen atoms in total. The smallest absolute Gasteiger partial charge is 0.122 e. The minimum Gasteiger partial charge on any atom is -0.496 e. The van der Waals surface area contributed by atoms with Crippen LogP contribution in [0.15, 0.2) is 18.2 Å². The van der Waals surface area contributed by atoms with Crippen molar-refractivity contribution in [2.75, 3.05) is 7.11 Å². The largest absolute Gasteiger partial charge is 0.496 e. The van der Waals surface area contributed by atoms with Gasteiger partial charge in [0.2, 0.25) is 0 Å². The molecule has 2 N–H and O–H groups in total. The highest BCUT2D eigenvalue weighted by atomic mass is 16.5. The van der Waals surface area contributed by atoms with E-state index in [0.29, 0.717) is 5.92 Å². The third-order valence-electron chi connectivity index (χ3n) is 2.60. The van der Waals surface area contributed by atoms with Crippen molar-refractivity contribution in [1.82, 2.24) is 0 Å². The first-order valence-electron chi connectivity index (χ1n) is 5.33. The van der Waals surface area contributed by atoms with Gasteiger partial charge in [0.15, 0.2) is 0 Å². The predicted molar refractivity (Wildman–Crippen MR) is 64.3 cm³/mol. The van der Waals surface area contributed by atoms with Crippen molar-refractivity contribution in [1.29, 1.82) is 0 Å². The predicted octanol–water partition coefficient (Wildman–Crippen LogP) is 3.01. The molecule has 0 aliphatic carbocycles. The maximum atomic E-state index is 6.08. The third kappa shape index (κ3) is 2.72. The third-order valence-corrected chi connectivity index (χ3v) is 2.60. The minimum absolute atomic E-state index is 0.296. The van der Waals surface area contributed by atoms with E-state index in [-0.39, 0.29) is 5.54 Å². The second-order valence-electron chi connectivity index (χ2n) is 4.83. The van der Waals surface area contributed by atoms with Crippen LogP contribution >= 0.6 is 0 Å². The zero-order valence-corrected chi connectivity index (χ0v) is 10.3. The van der Waals surface area contributed by atoms with E-state index in [9.17, 15) is 0 Å². The minimum atomic E-state index is -0.296. The van der Waals surface area contributed by atoms with Crippen LogP contribution < -0.4 is 10.5 Å². The van der Waals surface area contributed by atoms with Gasteiger partial charge in [-0.25, -0.2) is 0 Å². The van der Waals surface area contributed by atoms with Gasteiger partial charge in [0.25, 0.3) is 0 Å². The van der Waals surface area contributed by atoms with Gasteiger partial charge in [0, 0.05) is 5.54 Å². The van der Waals surface area contributed by atoms with Crippen molar-refractivity contribution in [2.24, 2.45) is 5.73 Å². The zero-order valence-electron chi connectivity index (χ0n) is 10.3. The second kappa shape index (κ2) is 4.23. The summed E-state index contributed by atoms with van der Waals surface area (Å²) in [5.41, 5.74) is 8.14. The number of benzene rings is 1. The van der Waals surface area contributed by atoms with Crippen LogP contribution in [0.5, 0.6) is 5.75 Å². The average Bonchev–Trinajstić information content (AvgIpc) is 2.15. The summed E-state index contributed by atoms with van der Waals surface area (Å²) in [6, 6.07) is 6.17. The van der Waals surface area contributed by atoms with Crippen molar-refractivity contribution >= 4 is 0 Å². The SMILES string of the molecule is COc1ccc(C(C)(C)N)cc1C(C)C. The van der Waals surface area contributed by atoms with E-state index >= 15 is 0 Å². The van der Waals surface area contributed by atoms with Gasteiger partial charge >= 0.3 is 0 Å². The molecule has 0 saturated heterocycles. The monoisotopic (exact) mass is 207 g/mol. The van der Waals surface area contributed by atoms with E-state index in [1.807, 2.05) is 26.0 Å². The Bertz CT molecular complexity index is 337. The molecule has 1 aromatic rings. The molecule has 0 bridgehead atoms. The summed E-state index contributed by atoms with van der Waals surface area (Å²) >= 11 is 0. The summed E-state index contributed by atoms with van der Waals surface area (Å²) < 4.78 is 5.33. The van der Waals surface area contributed by atoms with Crippen LogP contribution in [-0.4, -0.2) is 7.11 Å². The van der Waals surface area contributed by atoms with Crippen LogP contribution in [0.1, 0.15) is 44.7 Å². The van der Waals surface area contributed by atoms with Gasteiger partial charge in [-0.15, -0.1) is 0 Å². The summed E-state index contributed by atoms with van der Waals surface area (Å²) in [7, 11) is 1.70. The standard InChI is InChI=1S/C13H21NO/c1-9(2)11-8-10(13(3,4)14)6-7-12(11)15-5/h6-9H,14H2,1-5H3. The fraction of sp³-hybridized carbons (Fsp3) is 0.538. The number of nitrogens with two attached hydrogens (primary N) is 1. The molecule has 0 aliphatic rings. The molecule has 1 aromatic carbocycles. The second-order valence-corrected chi connectivity index (χ2v) is 4.83. The summed E-state index contributed by atoms with van der Waals surface area (Å²) in [6.07, 6.45) is 0. The molecule has 0 heterocycles. The number of ether oxygens (including phenoxy) is 1. The molecule has 2 heteroatoms. The lowest BCUT2D eigenvalue weighted by atomic mass is 9.91. The fourth-order valence-corrected chi connectivity index (χ4v) is 1.59. The quantitative estimate of drug-likeness (QED) is 0.827. The van der Waals surface area contributed by atoms with Crippen molar-refractivity contribution in [2.45, 2.75) is 39.2 Å². The lowest BCUT2D eigenvalue weighted by Crippen LogP contribution is -2.28. The van der Waals surface area contributed by atoms with Gasteiger partial charge < -0.3 is 10.5 Å². The molecule has 0 saturated carbocycles. The highest BCUT2D eigenvalue weighted by Crippen LogP contribution is 2.30. The Hall–Kier alpha value is -1.02. The molecule has 15 heavy (non-hydrogen) atoms. The van der Waals surface area contributed by atoms with Gasteiger partial charge in [-0.05, 0) is 37.0 Å². The van der Waals surface area contributed by atoms with Gasteiger partial charge in [-0.1, -0.05) is 26.0 Å². The van der Waals surface area contributed by atoms with E-state index < -0.39 is 0 Å². The lowest BCUT2D eigenvalue weighted by Gasteiger charge is -2.22. The molecule has 0 spiro atoms. The van der Waals surface area contributed by atoms with Crippen LogP contribution in [0.3, 0.4) is 0 Å². The van der Waals surface area contributed by atoms with Crippen molar-refractivity contribution in [3.8, 4) is 5.75 Å². The molecular weight excluding hydrogens is 186 g/mol. The highest BCUT2D eigenvalue weighted by Gasteiger charge is 2.17. The molecule has 84 valence electrons. The molecular formula is C13H21NO. The fourth-order valence-electron chi connectivity index (χ4n) is 1.59.